The van der Waals surface area contributed by atoms with Crippen LogP contribution in [0, 0.1) is 11.3 Å². The van der Waals surface area contributed by atoms with Crippen molar-refractivity contribution in [1.29, 1.82) is 5.26 Å². The number of thiol groups is 1. The number of hydrogen-bond donors (Lipinski definition) is 2. The third kappa shape index (κ3) is 1.91. The number of nitrogens with one attached hydrogen (secondary N) is 1. The standard InChI is InChI=1S/C10H8N2OS2/c11-5-7-6(8-2-1-3-15-8)4-9(13)12-10(7)14/h1-3,6,14H,4H2,(H,12,13)/t6-/m0/s1. The van der Waals surface area contributed by atoms with Crippen LogP contribution in [0.4, 0.5) is 0 Å². The maximum absolute atomic E-state index is 11.3. The Morgan fingerprint density at radius 3 is 3.07 bits per heavy atom. The van der Waals surface area contributed by atoms with Crippen molar-refractivity contribution in [2.75, 3.05) is 0 Å². The molecular formula is C10H8N2OS2. The highest BCUT2D eigenvalue weighted by Gasteiger charge is 2.28. The van der Waals surface area contributed by atoms with Gasteiger partial charge in [0, 0.05) is 17.2 Å². The predicted molar refractivity (Wildman–Crippen MR) is 61.4 cm³/mol. The molecule has 0 bridgehead atoms. The third-order valence-corrected chi connectivity index (χ3v) is 3.60. The van der Waals surface area contributed by atoms with Gasteiger partial charge in [-0.3, -0.25) is 4.79 Å². The summed E-state index contributed by atoms with van der Waals surface area (Å²) in [4.78, 5) is 12.4. The highest BCUT2D eigenvalue weighted by molar-refractivity contribution is 7.84. The Balaban J connectivity index is 2.43. The summed E-state index contributed by atoms with van der Waals surface area (Å²) in [5, 5.41) is 13.9. The molecule has 0 fully saturated rings. The summed E-state index contributed by atoms with van der Waals surface area (Å²) in [6.07, 6.45) is 0.327. The minimum absolute atomic E-state index is 0.0857. The summed E-state index contributed by atoms with van der Waals surface area (Å²) in [6, 6.07) is 5.96. The maximum Gasteiger partial charge on any atom is 0.225 e. The lowest BCUT2D eigenvalue weighted by Crippen LogP contribution is -2.29. The molecule has 76 valence electrons. The van der Waals surface area contributed by atoms with E-state index in [-0.39, 0.29) is 11.8 Å². The van der Waals surface area contributed by atoms with Crippen LogP contribution in [0.1, 0.15) is 17.2 Å². The van der Waals surface area contributed by atoms with E-state index in [2.05, 4.69) is 24.0 Å². The Hall–Kier alpha value is -1.25. The molecule has 3 nitrogen and oxygen atoms in total. The minimum Gasteiger partial charge on any atom is -0.320 e. The van der Waals surface area contributed by atoms with Crippen LogP contribution in [0.15, 0.2) is 28.1 Å². The summed E-state index contributed by atoms with van der Waals surface area (Å²) >= 11 is 5.67. The Morgan fingerprint density at radius 1 is 1.67 bits per heavy atom. The molecule has 0 saturated heterocycles. The SMILES string of the molecule is N#CC1=C(S)NC(=O)C[C@@H]1c1cccs1. The molecule has 5 heteroatoms. The minimum atomic E-state index is -0.128. The molecule has 1 aliphatic rings. The molecule has 0 saturated carbocycles. The topological polar surface area (TPSA) is 52.9 Å². The molecule has 15 heavy (non-hydrogen) atoms. The highest BCUT2D eigenvalue weighted by atomic mass is 32.1. The summed E-state index contributed by atoms with van der Waals surface area (Å²) < 4.78 is 0. The zero-order valence-electron chi connectivity index (χ0n) is 7.73. The second-order valence-electron chi connectivity index (χ2n) is 3.19. The summed E-state index contributed by atoms with van der Waals surface area (Å²) in [5.41, 5.74) is 0.542. The van der Waals surface area contributed by atoms with Gasteiger partial charge in [0.25, 0.3) is 0 Å². The first kappa shape index (κ1) is 10.3. The smallest absolute Gasteiger partial charge is 0.225 e. The van der Waals surface area contributed by atoms with Crippen molar-refractivity contribution in [2.24, 2.45) is 0 Å². The van der Waals surface area contributed by atoms with Crippen LogP contribution in [0.2, 0.25) is 0 Å². The zero-order chi connectivity index (χ0) is 10.8. The van der Waals surface area contributed by atoms with Crippen LogP contribution in [0.3, 0.4) is 0 Å². The fourth-order valence-electron chi connectivity index (χ4n) is 1.57. The fourth-order valence-corrected chi connectivity index (χ4v) is 2.73. The number of carbonyl (C=O) groups excluding carboxylic acids is 1. The van der Waals surface area contributed by atoms with E-state index < -0.39 is 0 Å². The van der Waals surface area contributed by atoms with Crippen molar-refractivity contribution < 1.29 is 4.79 Å². The van der Waals surface area contributed by atoms with Crippen molar-refractivity contribution in [3.8, 4) is 6.07 Å². The van der Waals surface area contributed by atoms with Gasteiger partial charge in [-0.2, -0.15) is 5.26 Å². The van der Waals surface area contributed by atoms with Crippen molar-refractivity contribution in [3.63, 3.8) is 0 Å². The molecule has 2 rings (SSSR count). The number of hydrogen-bond acceptors (Lipinski definition) is 4. The van der Waals surface area contributed by atoms with Crippen LogP contribution >= 0.6 is 24.0 Å². The van der Waals surface area contributed by atoms with Gasteiger partial charge in [-0.25, -0.2) is 0 Å². The van der Waals surface area contributed by atoms with Crippen LogP contribution < -0.4 is 5.32 Å². The van der Waals surface area contributed by atoms with Gasteiger partial charge in [-0.15, -0.1) is 24.0 Å². The predicted octanol–water partition coefficient (Wildman–Crippen LogP) is 2.02. The lowest BCUT2D eigenvalue weighted by Gasteiger charge is -2.21. The Kier molecular flexibility index (Phi) is 2.80. The van der Waals surface area contributed by atoms with E-state index in [4.69, 9.17) is 5.26 Å². The summed E-state index contributed by atoms with van der Waals surface area (Å²) in [6.45, 7) is 0. The number of nitrogens with zero attached hydrogens (tertiary/aromatic N) is 1. The number of carbonyl (C=O) groups is 1. The van der Waals surface area contributed by atoms with Gasteiger partial charge >= 0.3 is 0 Å². The van der Waals surface area contributed by atoms with E-state index in [9.17, 15) is 4.79 Å². The molecule has 0 radical (unpaired) electrons. The number of amides is 1. The van der Waals surface area contributed by atoms with Crippen LogP contribution in [0.25, 0.3) is 0 Å². The molecule has 1 aromatic rings. The Labute approximate surface area is 96.8 Å². The number of thiophene rings is 1. The van der Waals surface area contributed by atoms with E-state index in [1.165, 1.54) is 0 Å². The van der Waals surface area contributed by atoms with Crippen LogP contribution in [-0.4, -0.2) is 5.91 Å². The maximum atomic E-state index is 11.3. The van der Waals surface area contributed by atoms with Gasteiger partial charge in [0.05, 0.1) is 16.7 Å². The molecule has 1 aromatic heterocycles. The van der Waals surface area contributed by atoms with E-state index in [0.717, 1.165) is 4.88 Å². The lowest BCUT2D eigenvalue weighted by molar-refractivity contribution is -0.120. The van der Waals surface area contributed by atoms with E-state index in [1.54, 1.807) is 11.3 Å². The number of allylic oxidation sites excluding steroid dienone is 1. The molecular weight excluding hydrogens is 228 g/mol. The molecule has 1 amide bonds. The molecule has 0 spiro atoms. The Bertz CT molecular complexity index is 456. The van der Waals surface area contributed by atoms with E-state index in [1.807, 2.05) is 17.5 Å². The lowest BCUT2D eigenvalue weighted by atomic mass is 9.93. The van der Waals surface area contributed by atoms with Gasteiger partial charge in [-0.1, -0.05) is 6.07 Å². The second kappa shape index (κ2) is 4.09. The molecule has 0 aromatic carbocycles. The van der Waals surface area contributed by atoms with E-state index in [0.29, 0.717) is 17.0 Å². The van der Waals surface area contributed by atoms with E-state index >= 15 is 0 Å². The van der Waals surface area contributed by atoms with Crippen LogP contribution in [-0.2, 0) is 4.79 Å². The highest BCUT2D eigenvalue weighted by Crippen LogP contribution is 2.35. The normalized spacial score (nSPS) is 21.1. The largest absolute Gasteiger partial charge is 0.320 e. The molecule has 1 N–H and O–H groups in total. The summed E-state index contributed by atoms with van der Waals surface area (Å²) in [5.74, 6) is -0.214. The Morgan fingerprint density at radius 2 is 2.47 bits per heavy atom. The van der Waals surface area contributed by atoms with Crippen molar-refractivity contribution in [2.45, 2.75) is 12.3 Å². The van der Waals surface area contributed by atoms with Gasteiger partial charge < -0.3 is 5.32 Å². The summed E-state index contributed by atoms with van der Waals surface area (Å²) in [7, 11) is 0. The second-order valence-corrected chi connectivity index (χ2v) is 4.62. The molecule has 0 aliphatic carbocycles. The quantitative estimate of drug-likeness (QED) is 0.733. The number of nitriles is 1. The fraction of sp³-hybridized carbons (Fsp3) is 0.200. The monoisotopic (exact) mass is 236 g/mol. The van der Waals surface area contributed by atoms with Crippen molar-refractivity contribution >= 4 is 29.9 Å². The zero-order valence-corrected chi connectivity index (χ0v) is 9.44. The first-order valence-corrected chi connectivity index (χ1v) is 5.71. The molecule has 1 atom stereocenters. The van der Waals surface area contributed by atoms with Crippen LogP contribution in [0.5, 0.6) is 0 Å². The van der Waals surface area contributed by atoms with Gasteiger partial charge in [0.2, 0.25) is 5.91 Å². The van der Waals surface area contributed by atoms with Crippen molar-refractivity contribution in [3.05, 3.63) is 33.0 Å². The van der Waals surface area contributed by atoms with Gasteiger partial charge in [0.1, 0.15) is 0 Å². The third-order valence-electron chi connectivity index (χ3n) is 2.26. The van der Waals surface area contributed by atoms with Gasteiger partial charge in [0.15, 0.2) is 0 Å². The molecule has 0 unspecified atom stereocenters. The number of rotatable bonds is 1. The molecule has 2 heterocycles. The molecule has 1 aliphatic heterocycles. The van der Waals surface area contributed by atoms with Crippen molar-refractivity contribution in [1.82, 2.24) is 5.32 Å². The first-order valence-electron chi connectivity index (χ1n) is 4.39. The van der Waals surface area contributed by atoms with Gasteiger partial charge in [-0.05, 0) is 11.4 Å². The average Bonchev–Trinajstić information content (AvgIpc) is 2.69. The first-order chi connectivity index (χ1) is 7.22. The average molecular weight is 236 g/mol.